The first kappa shape index (κ1) is 21.4. The minimum absolute atomic E-state index is 0. The van der Waals surface area contributed by atoms with Gasteiger partial charge in [-0.15, -0.1) is 24.8 Å². The molecule has 1 aromatic carbocycles. The molecular formula is C17H22Cl2FN3O2. The topological polar surface area (TPSA) is 67.2 Å². The van der Waals surface area contributed by atoms with E-state index in [9.17, 15) is 9.18 Å². The summed E-state index contributed by atoms with van der Waals surface area (Å²) < 4.78 is 18.3. The molecule has 1 aliphatic rings. The molecule has 2 atom stereocenters. The van der Waals surface area contributed by atoms with E-state index in [0.717, 1.165) is 19.4 Å². The minimum Gasteiger partial charge on any atom is -0.444 e. The zero-order chi connectivity index (χ0) is 16.2. The van der Waals surface area contributed by atoms with Crippen LogP contribution in [0.15, 0.2) is 34.9 Å². The first-order chi connectivity index (χ1) is 11.1. The molecule has 0 spiro atoms. The highest BCUT2D eigenvalue weighted by Crippen LogP contribution is 2.19. The van der Waals surface area contributed by atoms with E-state index < -0.39 is 0 Å². The molecule has 1 aliphatic heterocycles. The predicted molar refractivity (Wildman–Crippen MR) is 98.7 cm³/mol. The third-order valence-corrected chi connectivity index (χ3v) is 4.09. The number of carbonyl (C=O) groups excluding carboxylic acids is 1. The number of carbonyl (C=O) groups is 1. The Morgan fingerprint density at radius 1 is 1.36 bits per heavy atom. The SMILES string of the molecule is CC1NCCCC1NC(=O)Cc1coc(-c2ccc(F)cc2)n1.Cl.Cl. The highest BCUT2D eigenvalue weighted by Gasteiger charge is 2.22. The van der Waals surface area contributed by atoms with Gasteiger partial charge in [0, 0.05) is 17.6 Å². The molecule has 0 radical (unpaired) electrons. The smallest absolute Gasteiger partial charge is 0.226 e. The summed E-state index contributed by atoms with van der Waals surface area (Å²) in [5.41, 5.74) is 1.25. The molecule has 25 heavy (non-hydrogen) atoms. The summed E-state index contributed by atoms with van der Waals surface area (Å²) in [7, 11) is 0. The van der Waals surface area contributed by atoms with Crippen LogP contribution >= 0.6 is 24.8 Å². The number of amides is 1. The van der Waals surface area contributed by atoms with Crippen LogP contribution in [0.2, 0.25) is 0 Å². The fourth-order valence-corrected chi connectivity index (χ4v) is 2.78. The number of hydrogen-bond donors (Lipinski definition) is 2. The van der Waals surface area contributed by atoms with Crippen molar-refractivity contribution in [1.29, 1.82) is 0 Å². The molecule has 2 heterocycles. The molecule has 1 aromatic heterocycles. The van der Waals surface area contributed by atoms with Crippen LogP contribution < -0.4 is 10.6 Å². The number of piperidine rings is 1. The lowest BCUT2D eigenvalue weighted by Crippen LogP contribution is -2.52. The van der Waals surface area contributed by atoms with Crippen LogP contribution in [-0.4, -0.2) is 29.5 Å². The molecule has 0 aliphatic carbocycles. The fraction of sp³-hybridized carbons (Fsp3) is 0.412. The van der Waals surface area contributed by atoms with Crippen molar-refractivity contribution >= 4 is 30.7 Å². The van der Waals surface area contributed by atoms with Crippen molar-refractivity contribution in [2.45, 2.75) is 38.3 Å². The van der Waals surface area contributed by atoms with Crippen molar-refractivity contribution in [1.82, 2.24) is 15.6 Å². The van der Waals surface area contributed by atoms with E-state index in [1.807, 2.05) is 0 Å². The van der Waals surface area contributed by atoms with Gasteiger partial charge in [-0.3, -0.25) is 4.79 Å². The van der Waals surface area contributed by atoms with Gasteiger partial charge in [0.25, 0.3) is 0 Å². The van der Waals surface area contributed by atoms with Crippen LogP contribution in [0.3, 0.4) is 0 Å². The van der Waals surface area contributed by atoms with Gasteiger partial charge >= 0.3 is 0 Å². The summed E-state index contributed by atoms with van der Waals surface area (Å²) in [4.78, 5) is 16.4. The zero-order valence-corrected chi connectivity index (χ0v) is 15.5. The van der Waals surface area contributed by atoms with Gasteiger partial charge in [0.15, 0.2) is 0 Å². The first-order valence-corrected chi connectivity index (χ1v) is 7.85. The van der Waals surface area contributed by atoms with E-state index in [2.05, 4.69) is 22.5 Å². The molecule has 2 aromatic rings. The first-order valence-electron chi connectivity index (χ1n) is 7.85. The summed E-state index contributed by atoms with van der Waals surface area (Å²) >= 11 is 0. The van der Waals surface area contributed by atoms with E-state index in [0.29, 0.717) is 17.1 Å². The van der Waals surface area contributed by atoms with Crippen molar-refractivity contribution in [3.63, 3.8) is 0 Å². The number of hydrogen-bond acceptors (Lipinski definition) is 4. The molecular weight excluding hydrogens is 368 g/mol. The van der Waals surface area contributed by atoms with Gasteiger partial charge in [0.05, 0.1) is 12.1 Å². The number of rotatable bonds is 4. The third kappa shape index (κ3) is 5.70. The van der Waals surface area contributed by atoms with Crippen molar-refractivity contribution in [2.75, 3.05) is 6.54 Å². The summed E-state index contributed by atoms with van der Waals surface area (Å²) in [6.45, 7) is 3.07. The summed E-state index contributed by atoms with van der Waals surface area (Å²) in [6, 6.07) is 6.33. The Labute approximate surface area is 158 Å². The van der Waals surface area contributed by atoms with Gasteiger partial charge in [0.2, 0.25) is 11.8 Å². The molecule has 5 nitrogen and oxygen atoms in total. The molecule has 138 valence electrons. The van der Waals surface area contributed by atoms with E-state index >= 15 is 0 Å². The van der Waals surface area contributed by atoms with Gasteiger partial charge in [-0.05, 0) is 50.6 Å². The van der Waals surface area contributed by atoms with Gasteiger partial charge in [0.1, 0.15) is 12.1 Å². The van der Waals surface area contributed by atoms with Crippen LogP contribution in [0.25, 0.3) is 11.5 Å². The number of oxazole rings is 1. The quantitative estimate of drug-likeness (QED) is 0.842. The molecule has 3 rings (SSSR count). The average molecular weight is 390 g/mol. The Morgan fingerprint density at radius 3 is 2.76 bits per heavy atom. The van der Waals surface area contributed by atoms with Crippen LogP contribution in [0.5, 0.6) is 0 Å². The van der Waals surface area contributed by atoms with Crippen molar-refractivity contribution < 1.29 is 13.6 Å². The number of aromatic nitrogens is 1. The molecule has 1 fully saturated rings. The molecule has 0 bridgehead atoms. The van der Waals surface area contributed by atoms with Crippen LogP contribution in [0.1, 0.15) is 25.5 Å². The van der Waals surface area contributed by atoms with Crippen LogP contribution in [0, 0.1) is 5.82 Å². The van der Waals surface area contributed by atoms with E-state index in [4.69, 9.17) is 4.42 Å². The molecule has 2 N–H and O–H groups in total. The highest BCUT2D eigenvalue weighted by atomic mass is 35.5. The van der Waals surface area contributed by atoms with Crippen molar-refractivity contribution in [3.05, 3.63) is 42.0 Å². The molecule has 8 heteroatoms. The Hall–Kier alpha value is -1.63. The molecule has 1 saturated heterocycles. The monoisotopic (exact) mass is 389 g/mol. The van der Waals surface area contributed by atoms with Gasteiger partial charge < -0.3 is 15.1 Å². The number of benzene rings is 1. The second-order valence-corrected chi connectivity index (χ2v) is 5.89. The highest BCUT2D eigenvalue weighted by molar-refractivity contribution is 5.85. The van der Waals surface area contributed by atoms with E-state index in [1.54, 1.807) is 12.1 Å². The Bertz CT molecular complexity index is 679. The zero-order valence-electron chi connectivity index (χ0n) is 13.8. The predicted octanol–water partition coefficient (Wildman–Crippen LogP) is 3.12. The maximum atomic E-state index is 12.9. The normalized spacial score (nSPS) is 19.4. The minimum atomic E-state index is -0.310. The largest absolute Gasteiger partial charge is 0.444 e. The lowest BCUT2D eigenvalue weighted by Gasteiger charge is -2.30. The standard InChI is InChI=1S/C17H20FN3O2.2ClH/c1-11-15(3-2-8-19-11)21-16(22)9-14-10-23-17(20-14)12-4-6-13(18)7-5-12;;/h4-7,10-11,15,19H,2-3,8-9H2,1H3,(H,21,22);2*1H. The number of nitrogens with zero attached hydrogens (tertiary/aromatic N) is 1. The number of halogens is 3. The van der Waals surface area contributed by atoms with Gasteiger partial charge in [-0.1, -0.05) is 0 Å². The van der Waals surface area contributed by atoms with E-state index in [-0.39, 0.29) is 55.0 Å². The summed E-state index contributed by atoms with van der Waals surface area (Å²) in [5, 5.41) is 6.39. The van der Waals surface area contributed by atoms with Crippen LogP contribution in [-0.2, 0) is 11.2 Å². The second kappa shape index (κ2) is 9.75. The lowest BCUT2D eigenvalue weighted by molar-refractivity contribution is -0.121. The van der Waals surface area contributed by atoms with Crippen LogP contribution in [0.4, 0.5) is 4.39 Å². The Balaban J connectivity index is 0.00000156. The second-order valence-electron chi connectivity index (χ2n) is 5.89. The van der Waals surface area contributed by atoms with Crippen molar-refractivity contribution in [3.8, 4) is 11.5 Å². The summed E-state index contributed by atoms with van der Waals surface area (Å²) in [5.74, 6) is 0.0140. The van der Waals surface area contributed by atoms with Gasteiger partial charge in [-0.2, -0.15) is 0 Å². The average Bonchev–Trinajstić information content (AvgIpc) is 2.98. The molecule has 0 saturated carbocycles. The molecule has 2 unspecified atom stereocenters. The fourth-order valence-electron chi connectivity index (χ4n) is 2.78. The Morgan fingerprint density at radius 2 is 2.08 bits per heavy atom. The van der Waals surface area contributed by atoms with E-state index in [1.165, 1.54) is 18.4 Å². The maximum Gasteiger partial charge on any atom is 0.226 e. The number of nitrogens with one attached hydrogen (secondary N) is 2. The van der Waals surface area contributed by atoms with Gasteiger partial charge in [-0.25, -0.2) is 9.37 Å². The van der Waals surface area contributed by atoms with Crippen molar-refractivity contribution in [2.24, 2.45) is 0 Å². The molecule has 1 amide bonds. The maximum absolute atomic E-state index is 12.9. The third-order valence-electron chi connectivity index (χ3n) is 4.09. The summed E-state index contributed by atoms with van der Waals surface area (Å²) in [6.07, 6.45) is 3.70. The Kier molecular flexibility index (Phi) is 8.35. The lowest BCUT2D eigenvalue weighted by atomic mass is 10.00.